The molecule has 0 saturated carbocycles. The average molecular weight is 270 g/mol. The van der Waals surface area contributed by atoms with Crippen molar-refractivity contribution in [1.29, 1.82) is 0 Å². The van der Waals surface area contributed by atoms with Gasteiger partial charge >= 0.3 is 0 Å². The van der Waals surface area contributed by atoms with Gasteiger partial charge in [-0.05, 0) is 36.4 Å². The fraction of sp³-hybridized carbons (Fsp3) is 0.0769. The zero-order valence-corrected chi connectivity index (χ0v) is 10.0. The summed E-state index contributed by atoms with van der Waals surface area (Å²) in [5.74, 6) is -0.162. The second-order valence-electron chi connectivity index (χ2n) is 3.63. The van der Waals surface area contributed by atoms with Crippen molar-refractivity contribution in [1.82, 2.24) is 0 Å². The number of benzene rings is 2. The Morgan fingerprint density at radius 2 is 1.61 bits per heavy atom. The summed E-state index contributed by atoms with van der Waals surface area (Å²) in [5.41, 5.74) is 6.01. The minimum absolute atomic E-state index is 0.131. The van der Waals surface area contributed by atoms with Gasteiger partial charge in [0.1, 0.15) is 23.1 Å². The average Bonchev–Trinajstić information content (AvgIpc) is 2.34. The second-order valence-corrected chi connectivity index (χ2v) is 4.04. The molecule has 0 atom stereocenters. The minimum Gasteiger partial charge on any atom is -0.455 e. The van der Waals surface area contributed by atoms with E-state index in [0.29, 0.717) is 17.1 Å². The van der Waals surface area contributed by atoms with Crippen molar-refractivity contribution in [3.05, 3.63) is 58.6 Å². The van der Waals surface area contributed by atoms with Gasteiger partial charge in [0.25, 0.3) is 0 Å². The van der Waals surface area contributed by atoms with Crippen molar-refractivity contribution in [2.45, 2.75) is 6.54 Å². The minimum atomic E-state index is -0.453. The Labute approximate surface area is 108 Å². The van der Waals surface area contributed by atoms with Gasteiger partial charge in [0.15, 0.2) is 0 Å². The normalized spacial score (nSPS) is 10.4. The van der Waals surface area contributed by atoms with Crippen molar-refractivity contribution in [2.24, 2.45) is 5.73 Å². The molecule has 2 N–H and O–H groups in total. The van der Waals surface area contributed by atoms with Gasteiger partial charge in [-0.15, -0.1) is 0 Å². The lowest BCUT2D eigenvalue weighted by atomic mass is 10.2. The number of halogens is 3. The summed E-state index contributed by atoms with van der Waals surface area (Å²) in [6.07, 6.45) is 0. The lowest BCUT2D eigenvalue weighted by Gasteiger charge is -2.11. The predicted octanol–water partition coefficient (Wildman–Crippen LogP) is 3.87. The highest BCUT2D eigenvalue weighted by molar-refractivity contribution is 6.32. The molecule has 0 spiro atoms. The van der Waals surface area contributed by atoms with Gasteiger partial charge in [-0.3, -0.25) is 0 Å². The number of hydrogen-bond donors (Lipinski definition) is 1. The highest BCUT2D eigenvalue weighted by Gasteiger charge is 2.08. The number of ether oxygens (including phenoxy) is 1. The monoisotopic (exact) mass is 269 g/mol. The van der Waals surface area contributed by atoms with E-state index in [2.05, 4.69) is 0 Å². The Morgan fingerprint density at radius 1 is 1.00 bits per heavy atom. The standard InChI is InChI=1S/C13H10ClF2NO/c14-11-6-10(16)2-4-13(11)18-12-3-1-9(15)5-8(12)7-17/h1-6H,7,17H2. The molecule has 0 heterocycles. The van der Waals surface area contributed by atoms with Gasteiger partial charge in [-0.2, -0.15) is 0 Å². The van der Waals surface area contributed by atoms with Crippen LogP contribution in [-0.4, -0.2) is 0 Å². The third kappa shape index (κ3) is 2.78. The first kappa shape index (κ1) is 12.8. The van der Waals surface area contributed by atoms with Crippen LogP contribution in [-0.2, 0) is 6.54 Å². The molecule has 2 aromatic rings. The molecule has 0 aliphatic heterocycles. The van der Waals surface area contributed by atoms with Crippen LogP contribution >= 0.6 is 11.6 Å². The molecule has 2 nitrogen and oxygen atoms in total. The largest absolute Gasteiger partial charge is 0.455 e. The van der Waals surface area contributed by atoms with E-state index in [4.69, 9.17) is 22.1 Å². The quantitative estimate of drug-likeness (QED) is 0.918. The molecule has 0 fully saturated rings. The van der Waals surface area contributed by atoms with E-state index in [9.17, 15) is 8.78 Å². The lowest BCUT2D eigenvalue weighted by Crippen LogP contribution is -2.00. The van der Waals surface area contributed by atoms with Crippen LogP contribution in [0.25, 0.3) is 0 Å². The summed E-state index contributed by atoms with van der Waals surface area (Å²) >= 11 is 5.84. The molecule has 0 amide bonds. The highest BCUT2D eigenvalue weighted by Crippen LogP contribution is 2.31. The summed E-state index contributed by atoms with van der Waals surface area (Å²) in [6.45, 7) is 0.131. The van der Waals surface area contributed by atoms with E-state index in [0.717, 1.165) is 6.07 Å². The van der Waals surface area contributed by atoms with Crippen molar-refractivity contribution in [2.75, 3.05) is 0 Å². The summed E-state index contributed by atoms with van der Waals surface area (Å²) in [5, 5.41) is 0.141. The molecule has 2 rings (SSSR count). The van der Waals surface area contributed by atoms with Gasteiger partial charge in [0, 0.05) is 12.1 Å². The molecule has 0 aliphatic rings. The van der Waals surface area contributed by atoms with Crippen LogP contribution in [0.1, 0.15) is 5.56 Å². The topological polar surface area (TPSA) is 35.2 Å². The van der Waals surface area contributed by atoms with E-state index < -0.39 is 11.6 Å². The first-order valence-electron chi connectivity index (χ1n) is 5.21. The predicted molar refractivity (Wildman–Crippen MR) is 65.8 cm³/mol. The van der Waals surface area contributed by atoms with Crippen LogP contribution in [0.4, 0.5) is 8.78 Å². The highest BCUT2D eigenvalue weighted by atomic mass is 35.5. The van der Waals surface area contributed by atoms with Crippen molar-refractivity contribution >= 4 is 11.6 Å². The maximum Gasteiger partial charge on any atom is 0.146 e. The number of hydrogen-bond acceptors (Lipinski definition) is 2. The fourth-order valence-electron chi connectivity index (χ4n) is 1.48. The first-order chi connectivity index (χ1) is 8.60. The van der Waals surface area contributed by atoms with Crippen LogP contribution in [0.2, 0.25) is 5.02 Å². The molecule has 0 aliphatic carbocycles. The zero-order valence-electron chi connectivity index (χ0n) is 9.29. The fourth-order valence-corrected chi connectivity index (χ4v) is 1.69. The smallest absolute Gasteiger partial charge is 0.146 e. The van der Waals surface area contributed by atoms with E-state index in [-0.39, 0.29) is 11.6 Å². The Hall–Kier alpha value is -1.65. The first-order valence-corrected chi connectivity index (χ1v) is 5.59. The van der Waals surface area contributed by atoms with Gasteiger partial charge in [-0.1, -0.05) is 11.6 Å². The summed E-state index contributed by atoms with van der Waals surface area (Å²) in [4.78, 5) is 0. The zero-order chi connectivity index (χ0) is 13.1. The Kier molecular flexibility index (Phi) is 3.79. The van der Waals surface area contributed by atoms with E-state index in [1.807, 2.05) is 0 Å². The molecule has 0 saturated heterocycles. The number of nitrogens with two attached hydrogens (primary N) is 1. The molecule has 0 bridgehead atoms. The molecule has 94 valence electrons. The summed E-state index contributed by atoms with van der Waals surface area (Å²) in [6, 6.07) is 7.77. The molecule has 0 aromatic heterocycles. The Bertz CT molecular complexity index is 575. The molecule has 5 heteroatoms. The third-order valence-electron chi connectivity index (χ3n) is 2.36. The van der Waals surface area contributed by atoms with Crippen LogP contribution in [0.3, 0.4) is 0 Å². The van der Waals surface area contributed by atoms with E-state index >= 15 is 0 Å². The SMILES string of the molecule is NCc1cc(F)ccc1Oc1ccc(F)cc1Cl. The van der Waals surface area contributed by atoms with E-state index in [1.165, 1.54) is 30.3 Å². The molecular formula is C13H10ClF2NO. The third-order valence-corrected chi connectivity index (χ3v) is 2.65. The Morgan fingerprint density at radius 3 is 2.22 bits per heavy atom. The van der Waals surface area contributed by atoms with Gasteiger partial charge in [0.05, 0.1) is 5.02 Å². The molecule has 0 unspecified atom stereocenters. The molecule has 18 heavy (non-hydrogen) atoms. The second kappa shape index (κ2) is 5.33. The van der Waals surface area contributed by atoms with E-state index in [1.54, 1.807) is 0 Å². The van der Waals surface area contributed by atoms with Crippen molar-refractivity contribution in [3.8, 4) is 11.5 Å². The molecule has 2 aromatic carbocycles. The van der Waals surface area contributed by atoms with Crippen molar-refractivity contribution in [3.63, 3.8) is 0 Å². The number of rotatable bonds is 3. The maximum atomic E-state index is 13.0. The van der Waals surface area contributed by atoms with Crippen LogP contribution in [0.5, 0.6) is 11.5 Å². The maximum absolute atomic E-state index is 13.0. The van der Waals surface area contributed by atoms with Gasteiger partial charge < -0.3 is 10.5 Å². The van der Waals surface area contributed by atoms with Crippen LogP contribution in [0, 0.1) is 11.6 Å². The lowest BCUT2D eigenvalue weighted by molar-refractivity contribution is 0.472. The van der Waals surface area contributed by atoms with Gasteiger partial charge in [-0.25, -0.2) is 8.78 Å². The van der Waals surface area contributed by atoms with Crippen LogP contribution < -0.4 is 10.5 Å². The summed E-state index contributed by atoms with van der Waals surface area (Å²) < 4.78 is 31.4. The van der Waals surface area contributed by atoms with Gasteiger partial charge in [0.2, 0.25) is 0 Å². The Balaban J connectivity index is 2.33. The summed E-state index contributed by atoms with van der Waals surface area (Å²) in [7, 11) is 0. The molecular weight excluding hydrogens is 260 g/mol. The van der Waals surface area contributed by atoms with Crippen LogP contribution in [0.15, 0.2) is 36.4 Å². The van der Waals surface area contributed by atoms with Crippen molar-refractivity contribution < 1.29 is 13.5 Å². The molecule has 0 radical (unpaired) electrons.